The molecule has 0 aromatic heterocycles. The Labute approximate surface area is 160 Å². The lowest BCUT2D eigenvalue weighted by atomic mass is 9.92. The summed E-state index contributed by atoms with van der Waals surface area (Å²) in [5, 5.41) is 0. The molecule has 2 aromatic carbocycles. The molecule has 4 rings (SSSR count). The van der Waals surface area contributed by atoms with E-state index in [-0.39, 0.29) is 11.9 Å². The smallest absolute Gasteiger partial charge is 0.313 e. The minimum atomic E-state index is -0.281. The predicted octanol–water partition coefficient (Wildman–Crippen LogP) is 2.97. The summed E-state index contributed by atoms with van der Waals surface area (Å²) >= 11 is 0. The summed E-state index contributed by atoms with van der Waals surface area (Å²) in [5.74, 6) is -0.419. The lowest BCUT2D eigenvalue weighted by Crippen LogP contribution is -2.38. The number of hydrogen-bond acceptors (Lipinski definition) is 5. The number of nitrogens with zero attached hydrogens (tertiary/aromatic N) is 2. The highest BCUT2D eigenvalue weighted by Crippen LogP contribution is 2.40. The van der Waals surface area contributed by atoms with Crippen molar-refractivity contribution in [3.05, 3.63) is 59.7 Å². The van der Waals surface area contributed by atoms with Crippen LogP contribution in [0.25, 0.3) is 0 Å². The van der Waals surface area contributed by atoms with Crippen molar-refractivity contribution in [3.63, 3.8) is 0 Å². The van der Waals surface area contributed by atoms with Crippen LogP contribution in [0, 0.1) is 0 Å². The van der Waals surface area contributed by atoms with Gasteiger partial charge in [-0.1, -0.05) is 36.4 Å². The van der Waals surface area contributed by atoms with E-state index in [2.05, 4.69) is 35.0 Å². The van der Waals surface area contributed by atoms with Crippen LogP contribution in [-0.2, 0) is 20.7 Å². The SMILES string of the molecule is CN1c2ccccc2CC(C(=O)OCCN2CCOCC2)c2ccccc21. The summed E-state index contributed by atoms with van der Waals surface area (Å²) in [5.41, 5.74) is 4.42. The number of para-hydroxylation sites is 2. The number of carbonyl (C=O) groups is 1. The zero-order valence-electron chi connectivity index (χ0n) is 15.8. The van der Waals surface area contributed by atoms with Gasteiger partial charge in [0.05, 0.1) is 19.1 Å². The van der Waals surface area contributed by atoms with Crippen LogP contribution in [0.4, 0.5) is 11.4 Å². The van der Waals surface area contributed by atoms with Gasteiger partial charge in [-0.25, -0.2) is 0 Å². The van der Waals surface area contributed by atoms with Crippen LogP contribution in [0.5, 0.6) is 0 Å². The molecule has 142 valence electrons. The fourth-order valence-electron chi connectivity index (χ4n) is 3.97. The van der Waals surface area contributed by atoms with Gasteiger partial charge in [-0.05, 0) is 29.7 Å². The molecule has 0 amide bonds. The van der Waals surface area contributed by atoms with E-state index in [1.165, 1.54) is 5.56 Å². The van der Waals surface area contributed by atoms with Gasteiger partial charge >= 0.3 is 5.97 Å². The van der Waals surface area contributed by atoms with Crippen molar-refractivity contribution in [1.82, 2.24) is 4.90 Å². The van der Waals surface area contributed by atoms with Crippen LogP contribution in [0.15, 0.2) is 48.5 Å². The highest BCUT2D eigenvalue weighted by atomic mass is 16.5. The fraction of sp³-hybridized carbons (Fsp3) is 0.409. The summed E-state index contributed by atoms with van der Waals surface area (Å²) in [7, 11) is 2.06. The maximum atomic E-state index is 13.0. The molecule has 0 saturated carbocycles. The monoisotopic (exact) mass is 366 g/mol. The van der Waals surface area contributed by atoms with E-state index in [9.17, 15) is 4.79 Å². The van der Waals surface area contributed by atoms with Crippen molar-refractivity contribution in [2.75, 3.05) is 51.4 Å². The maximum Gasteiger partial charge on any atom is 0.313 e. The third-order valence-corrected chi connectivity index (χ3v) is 5.49. The molecule has 2 aliphatic heterocycles. The van der Waals surface area contributed by atoms with Crippen LogP contribution in [0.2, 0.25) is 0 Å². The van der Waals surface area contributed by atoms with Gasteiger partial charge in [0.2, 0.25) is 0 Å². The molecule has 27 heavy (non-hydrogen) atoms. The molecule has 0 radical (unpaired) electrons. The average Bonchev–Trinajstić information content (AvgIpc) is 2.84. The van der Waals surface area contributed by atoms with E-state index in [1.807, 2.05) is 30.3 Å². The van der Waals surface area contributed by atoms with E-state index >= 15 is 0 Å². The second-order valence-electron chi connectivity index (χ2n) is 7.12. The average molecular weight is 366 g/mol. The lowest BCUT2D eigenvalue weighted by molar-refractivity contribution is -0.146. The van der Waals surface area contributed by atoms with E-state index in [4.69, 9.17) is 9.47 Å². The Balaban J connectivity index is 1.52. The molecule has 1 saturated heterocycles. The Kier molecular flexibility index (Phi) is 5.41. The van der Waals surface area contributed by atoms with Crippen LogP contribution in [-0.4, -0.2) is 57.4 Å². The van der Waals surface area contributed by atoms with Crippen LogP contribution in [0.1, 0.15) is 17.0 Å². The molecule has 2 aromatic rings. The zero-order valence-corrected chi connectivity index (χ0v) is 15.8. The molecule has 2 heterocycles. The minimum absolute atomic E-state index is 0.138. The number of anilines is 2. The summed E-state index contributed by atoms with van der Waals surface area (Å²) in [6.45, 7) is 4.51. The summed E-state index contributed by atoms with van der Waals surface area (Å²) in [6.07, 6.45) is 0.661. The highest BCUT2D eigenvalue weighted by molar-refractivity contribution is 5.84. The molecule has 0 aliphatic carbocycles. The first-order chi connectivity index (χ1) is 13.2. The van der Waals surface area contributed by atoms with Gasteiger partial charge in [0, 0.05) is 38.1 Å². The first-order valence-electron chi connectivity index (χ1n) is 9.61. The van der Waals surface area contributed by atoms with Crippen molar-refractivity contribution in [1.29, 1.82) is 0 Å². The Morgan fingerprint density at radius 3 is 2.59 bits per heavy atom. The van der Waals surface area contributed by atoms with Crippen LogP contribution < -0.4 is 4.90 Å². The quantitative estimate of drug-likeness (QED) is 0.779. The van der Waals surface area contributed by atoms with Crippen molar-refractivity contribution >= 4 is 17.3 Å². The van der Waals surface area contributed by atoms with Gasteiger partial charge in [-0.15, -0.1) is 0 Å². The third kappa shape index (κ3) is 3.84. The van der Waals surface area contributed by atoms with E-state index < -0.39 is 0 Å². The van der Waals surface area contributed by atoms with Gasteiger partial charge in [0.1, 0.15) is 6.61 Å². The number of carbonyl (C=O) groups excluding carboxylic acids is 1. The molecular formula is C22H26N2O3. The number of rotatable bonds is 4. The third-order valence-electron chi connectivity index (χ3n) is 5.49. The molecule has 5 heteroatoms. The number of ether oxygens (including phenoxy) is 2. The lowest BCUT2D eigenvalue weighted by Gasteiger charge is -2.26. The van der Waals surface area contributed by atoms with E-state index in [0.29, 0.717) is 13.0 Å². The standard InChI is InChI=1S/C22H26N2O3/c1-23-20-8-4-2-6-17(20)16-19(18-7-3-5-9-21(18)23)22(25)27-15-12-24-10-13-26-14-11-24/h2-9,19H,10-16H2,1H3. The molecule has 0 bridgehead atoms. The summed E-state index contributed by atoms with van der Waals surface area (Å²) in [4.78, 5) is 17.4. The molecule has 1 atom stereocenters. The summed E-state index contributed by atoms with van der Waals surface area (Å²) < 4.78 is 11.1. The summed E-state index contributed by atoms with van der Waals surface area (Å²) in [6, 6.07) is 16.4. The van der Waals surface area contributed by atoms with Gasteiger partial charge in [0.15, 0.2) is 0 Å². The first kappa shape index (κ1) is 18.0. The second-order valence-corrected chi connectivity index (χ2v) is 7.12. The van der Waals surface area contributed by atoms with Gasteiger partial charge < -0.3 is 14.4 Å². The van der Waals surface area contributed by atoms with Crippen molar-refractivity contribution in [2.45, 2.75) is 12.3 Å². The topological polar surface area (TPSA) is 42.0 Å². The number of hydrogen-bond donors (Lipinski definition) is 0. The number of benzene rings is 2. The molecule has 2 aliphatic rings. The van der Waals surface area contributed by atoms with Gasteiger partial charge in [0.25, 0.3) is 0 Å². The number of morpholine rings is 1. The van der Waals surface area contributed by atoms with Gasteiger partial charge in [-0.3, -0.25) is 9.69 Å². The Morgan fingerprint density at radius 2 is 1.78 bits per heavy atom. The predicted molar refractivity (Wildman–Crippen MR) is 106 cm³/mol. The fourth-order valence-corrected chi connectivity index (χ4v) is 3.97. The highest BCUT2D eigenvalue weighted by Gasteiger charge is 2.30. The molecule has 0 N–H and O–H groups in total. The Hall–Kier alpha value is -2.37. The van der Waals surface area contributed by atoms with Crippen molar-refractivity contribution < 1.29 is 14.3 Å². The van der Waals surface area contributed by atoms with Crippen molar-refractivity contribution in [2.24, 2.45) is 0 Å². The largest absolute Gasteiger partial charge is 0.464 e. The maximum absolute atomic E-state index is 13.0. The Bertz CT molecular complexity index is 802. The van der Waals surface area contributed by atoms with E-state index in [0.717, 1.165) is 49.8 Å². The number of fused-ring (bicyclic) bond motifs is 2. The molecule has 5 nitrogen and oxygen atoms in total. The molecular weight excluding hydrogens is 340 g/mol. The minimum Gasteiger partial charge on any atom is -0.464 e. The Morgan fingerprint density at radius 1 is 1.07 bits per heavy atom. The van der Waals surface area contributed by atoms with Crippen LogP contribution in [0.3, 0.4) is 0 Å². The van der Waals surface area contributed by atoms with Crippen molar-refractivity contribution in [3.8, 4) is 0 Å². The number of esters is 1. The normalized spacial score (nSPS) is 19.7. The molecule has 1 unspecified atom stereocenters. The zero-order chi connectivity index (χ0) is 18.6. The second kappa shape index (κ2) is 8.11. The molecule has 1 fully saturated rings. The first-order valence-corrected chi connectivity index (χ1v) is 9.61. The van der Waals surface area contributed by atoms with Crippen LogP contribution >= 0.6 is 0 Å². The molecule has 0 spiro atoms. The van der Waals surface area contributed by atoms with Gasteiger partial charge in [-0.2, -0.15) is 0 Å². The van der Waals surface area contributed by atoms with E-state index in [1.54, 1.807) is 0 Å².